The molecule has 0 aliphatic carbocycles. The summed E-state index contributed by atoms with van der Waals surface area (Å²) in [6, 6.07) is 7.78. The van der Waals surface area contributed by atoms with Crippen molar-refractivity contribution in [3.63, 3.8) is 0 Å². The third-order valence-corrected chi connectivity index (χ3v) is 2.79. The fourth-order valence-electron chi connectivity index (χ4n) is 1.38. The van der Waals surface area contributed by atoms with Crippen molar-refractivity contribution in [2.24, 2.45) is 5.73 Å². The molecule has 1 aromatic carbocycles. The molecule has 0 radical (unpaired) electrons. The predicted molar refractivity (Wildman–Crippen MR) is 62.0 cm³/mol. The molecule has 78 valence electrons. The average molecular weight is 220 g/mol. The van der Waals surface area contributed by atoms with E-state index < -0.39 is 0 Å². The number of nitrogens with zero attached hydrogens (tertiary/aromatic N) is 1. The molecule has 3 nitrogen and oxygen atoms in total. The lowest BCUT2D eigenvalue weighted by atomic mass is 10.1. The van der Waals surface area contributed by atoms with E-state index >= 15 is 0 Å². The van der Waals surface area contributed by atoms with Crippen molar-refractivity contribution in [3.05, 3.63) is 34.7 Å². The molecule has 0 unspecified atom stereocenters. The number of nitrogens with two attached hydrogens (primary N) is 1. The van der Waals surface area contributed by atoms with Crippen LogP contribution in [-0.4, -0.2) is 11.7 Å². The van der Waals surface area contributed by atoms with E-state index in [0.29, 0.717) is 0 Å². The van der Waals surface area contributed by atoms with Crippen LogP contribution in [-0.2, 0) is 0 Å². The van der Waals surface area contributed by atoms with Crippen LogP contribution in [0.15, 0.2) is 29.6 Å². The van der Waals surface area contributed by atoms with Crippen molar-refractivity contribution >= 4 is 11.3 Å². The van der Waals surface area contributed by atoms with Gasteiger partial charge in [0.1, 0.15) is 12.5 Å². The number of ether oxygens (including phenoxy) is 1. The van der Waals surface area contributed by atoms with E-state index in [-0.39, 0.29) is 6.73 Å². The van der Waals surface area contributed by atoms with Crippen LogP contribution in [0.4, 0.5) is 0 Å². The number of hydrogen-bond donors (Lipinski definition) is 1. The fraction of sp³-hybridized carbons (Fsp3) is 0.182. The molecule has 2 aromatic rings. The second kappa shape index (κ2) is 4.42. The summed E-state index contributed by atoms with van der Waals surface area (Å²) in [6.45, 7) is 2.17. The Morgan fingerprint density at radius 1 is 1.40 bits per heavy atom. The van der Waals surface area contributed by atoms with Crippen molar-refractivity contribution in [1.29, 1.82) is 0 Å². The van der Waals surface area contributed by atoms with E-state index in [9.17, 15) is 0 Å². The molecule has 0 fully saturated rings. The number of para-hydroxylation sites is 1. The molecular formula is C11H12N2OS. The second-order valence-corrected chi connectivity index (χ2v) is 4.12. The van der Waals surface area contributed by atoms with Gasteiger partial charge in [0.05, 0.1) is 10.7 Å². The SMILES string of the molecule is Cc1nc(-c2ccccc2OCN)cs1. The summed E-state index contributed by atoms with van der Waals surface area (Å²) in [7, 11) is 0. The van der Waals surface area contributed by atoms with Crippen LogP contribution in [0.25, 0.3) is 11.3 Å². The quantitative estimate of drug-likeness (QED) is 0.808. The first-order valence-electron chi connectivity index (χ1n) is 4.65. The lowest BCUT2D eigenvalue weighted by Crippen LogP contribution is -2.07. The summed E-state index contributed by atoms with van der Waals surface area (Å²) < 4.78 is 5.34. The smallest absolute Gasteiger partial charge is 0.137 e. The van der Waals surface area contributed by atoms with Crippen LogP contribution in [0.3, 0.4) is 0 Å². The summed E-state index contributed by atoms with van der Waals surface area (Å²) >= 11 is 1.63. The third-order valence-electron chi connectivity index (χ3n) is 2.02. The Morgan fingerprint density at radius 2 is 2.20 bits per heavy atom. The van der Waals surface area contributed by atoms with Gasteiger partial charge in [-0.3, -0.25) is 5.73 Å². The van der Waals surface area contributed by atoms with Crippen molar-refractivity contribution in [2.75, 3.05) is 6.73 Å². The van der Waals surface area contributed by atoms with Gasteiger partial charge >= 0.3 is 0 Å². The highest BCUT2D eigenvalue weighted by atomic mass is 32.1. The first kappa shape index (κ1) is 10.1. The largest absolute Gasteiger partial charge is 0.478 e. The number of benzene rings is 1. The summed E-state index contributed by atoms with van der Waals surface area (Å²) in [5, 5.41) is 3.07. The molecular weight excluding hydrogens is 208 g/mol. The molecule has 1 aromatic heterocycles. The van der Waals surface area contributed by atoms with E-state index in [4.69, 9.17) is 10.5 Å². The fourth-order valence-corrected chi connectivity index (χ4v) is 1.99. The lowest BCUT2D eigenvalue weighted by molar-refractivity contribution is 0.331. The Labute approximate surface area is 92.5 Å². The summed E-state index contributed by atoms with van der Waals surface area (Å²) in [5.41, 5.74) is 7.31. The topological polar surface area (TPSA) is 48.1 Å². The predicted octanol–water partition coefficient (Wildman–Crippen LogP) is 2.41. The van der Waals surface area contributed by atoms with Crippen LogP contribution in [0, 0.1) is 6.92 Å². The van der Waals surface area contributed by atoms with Gasteiger partial charge in [-0.05, 0) is 19.1 Å². The summed E-state index contributed by atoms with van der Waals surface area (Å²) in [4.78, 5) is 4.42. The molecule has 15 heavy (non-hydrogen) atoms. The number of aryl methyl sites for hydroxylation is 1. The van der Waals surface area contributed by atoms with Gasteiger partial charge in [-0.2, -0.15) is 0 Å². The molecule has 0 aliphatic rings. The van der Waals surface area contributed by atoms with Crippen molar-refractivity contribution in [3.8, 4) is 17.0 Å². The molecule has 1 heterocycles. The zero-order valence-corrected chi connectivity index (χ0v) is 9.25. The minimum atomic E-state index is 0.181. The highest BCUT2D eigenvalue weighted by Gasteiger charge is 2.07. The molecule has 2 N–H and O–H groups in total. The summed E-state index contributed by atoms with van der Waals surface area (Å²) in [5.74, 6) is 0.783. The van der Waals surface area contributed by atoms with Gasteiger partial charge < -0.3 is 4.74 Å². The zero-order chi connectivity index (χ0) is 10.7. The van der Waals surface area contributed by atoms with Crippen molar-refractivity contribution in [2.45, 2.75) is 6.92 Å². The number of thiazole rings is 1. The van der Waals surface area contributed by atoms with E-state index in [1.807, 2.05) is 36.6 Å². The number of aromatic nitrogens is 1. The number of rotatable bonds is 3. The normalized spacial score (nSPS) is 10.3. The Morgan fingerprint density at radius 3 is 2.87 bits per heavy atom. The average Bonchev–Trinajstić information content (AvgIpc) is 2.66. The van der Waals surface area contributed by atoms with Gasteiger partial charge in [0, 0.05) is 10.9 Å². The maximum absolute atomic E-state index is 5.37. The van der Waals surface area contributed by atoms with Crippen LogP contribution >= 0.6 is 11.3 Å². The molecule has 0 spiro atoms. The maximum atomic E-state index is 5.37. The van der Waals surface area contributed by atoms with Gasteiger partial charge in [-0.1, -0.05) is 12.1 Å². The Kier molecular flexibility index (Phi) is 2.99. The molecule has 4 heteroatoms. The van der Waals surface area contributed by atoms with Crippen molar-refractivity contribution in [1.82, 2.24) is 4.98 Å². The van der Waals surface area contributed by atoms with E-state index in [2.05, 4.69) is 4.98 Å². The number of hydrogen-bond acceptors (Lipinski definition) is 4. The van der Waals surface area contributed by atoms with E-state index in [1.165, 1.54) is 0 Å². The Hall–Kier alpha value is -1.39. The first-order valence-corrected chi connectivity index (χ1v) is 5.53. The second-order valence-electron chi connectivity index (χ2n) is 3.06. The highest BCUT2D eigenvalue weighted by molar-refractivity contribution is 7.09. The summed E-state index contributed by atoms with van der Waals surface area (Å²) in [6.07, 6.45) is 0. The zero-order valence-electron chi connectivity index (χ0n) is 8.43. The van der Waals surface area contributed by atoms with Gasteiger partial charge in [0.2, 0.25) is 0 Å². The lowest BCUT2D eigenvalue weighted by Gasteiger charge is -2.07. The highest BCUT2D eigenvalue weighted by Crippen LogP contribution is 2.30. The van der Waals surface area contributed by atoms with Crippen LogP contribution in [0.2, 0.25) is 0 Å². The monoisotopic (exact) mass is 220 g/mol. The van der Waals surface area contributed by atoms with Gasteiger partial charge in [0.15, 0.2) is 0 Å². The molecule has 0 amide bonds. The molecule has 0 bridgehead atoms. The Balaban J connectivity index is 2.42. The molecule has 0 atom stereocenters. The first-order chi connectivity index (χ1) is 7.31. The maximum Gasteiger partial charge on any atom is 0.137 e. The third kappa shape index (κ3) is 2.16. The van der Waals surface area contributed by atoms with Crippen LogP contribution in [0.1, 0.15) is 5.01 Å². The Bertz CT molecular complexity index is 453. The standard InChI is InChI=1S/C11H12N2OS/c1-8-13-10(6-15-8)9-4-2-3-5-11(9)14-7-12/h2-6H,7,12H2,1H3. The molecule has 0 saturated carbocycles. The van der Waals surface area contributed by atoms with Gasteiger partial charge in [0.25, 0.3) is 0 Å². The minimum absolute atomic E-state index is 0.181. The van der Waals surface area contributed by atoms with Gasteiger partial charge in [-0.25, -0.2) is 4.98 Å². The molecule has 0 saturated heterocycles. The van der Waals surface area contributed by atoms with E-state index in [1.54, 1.807) is 11.3 Å². The molecule has 2 rings (SSSR count). The van der Waals surface area contributed by atoms with Gasteiger partial charge in [-0.15, -0.1) is 11.3 Å². The van der Waals surface area contributed by atoms with Crippen molar-refractivity contribution < 1.29 is 4.74 Å². The van der Waals surface area contributed by atoms with Crippen LogP contribution < -0.4 is 10.5 Å². The molecule has 0 aliphatic heterocycles. The van der Waals surface area contributed by atoms with Crippen LogP contribution in [0.5, 0.6) is 5.75 Å². The minimum Gasteiger partial charge on any atom is -0.478 e. The van der Waals surface area contributed by atoms with E-state index in [0.717, 1.165) is 22.0 Å².